The Hall–Kier alpha value is -1.80. The van der Waals surface area contributed by atoms with Gasteiger partial charge in [-0.05, 0) is 22.6 Å². The summed E-state index contributed by atoms with van der Waals surface area (Å²) in [7, 11) is 0. The molecule has 1 saturated heterocycles. The molecule has 112 valence electrons. The summed E-state index contributed by atoms with van der Waals surface area (Å²) in [5, 5.41) is 26.1. The summed E-state index contributed by atoms with van der Waals surface area (Å²) in [5.74, 6) is 0.553. The van der Waals surface area contributed by atoms with Crippen LogP contribution in [0.1, 0.15) is 13.8 Å². The largest absolute Gasteiger partial charge is 0.386 e. The van der Waals surface area contributed by atoms with Gasteiger partial charge in [-0.2, -0.15) is 16.1 Å². The first kappa shape index (κ1) is 14.2. The maximum Gasteiger partial charge on any atom is 0.246 e. The monoisotopic (exact) mass is 307 g/mol. The molecule has 0 saturated carbocycles. The van der Waals surface area contributed by atoms with Crippen LogP contribution in [0.4, 0.5) is 0 Å². The van der Waals surface area contributed by atoms with E-state index in [1.807, 2.05) is 30.7 Å². The number of hydrogen-bond acceptors (Lipinski definition) is 6. The second kappa shape index (κ2) is 5.19. The number of β-amino-alcohol motifs (C(OH)–C–C–N with tert-alkyl or cyclic N) is 1. The molecule has 2 aromatic rings. The maximum atomic E-state index is 12.1. The third kappa shape index (κ3) is 2.68. The lowest BCUT2D eigenvalue weighted by atomic mass is 9.83. The molecular formula is C13H17N5O2S. The fraction of sp³-hybridized carbons (Fsp3) is 0.538. The van der Waals surface area contributed by atoms with Crippen molar-refractivity contribution >= 4 is 17.2 Å². The Kier molecular flexibility index (Phi) is 3.50. The Balaban J connectivity index is 1.59. The molecule has 21 heavy (non-hydrogen) atoms. The van der Waals surface area contributed by atoms with Crippen molar-refractivity contribution in [3.05, 3.63) is 16.8 Å². The number of hydrogen-bond donors (Lipinski definition) is 1. The highest BCUT2D eigenvalue weighted by molar-refractivity contribution is 7.08. The summed E-state index contributed by atoms with van der Waals surface area (Å²) in [6.45, 7) is 4.69. The average molecular weight is 307 g/mol. The molecule has 2 aromatic heterocycles. The lowest BCUT2D eigenvalue weighted by molar-refractivity contribution is -0.164. The predicted octanol–water partition coefficient (Wildman–Crippen LogP) is 0.631. The van der Waals surface area contributed by atoms with Crippen LogP contribution >= 0.6 is 11.3 Å². The summed E-state index contributed by atoms with van der Waals surface area (Å²) in [6.07, 6.45) is 0. The zero-order valence-corrected chi connectivity index (χ0v) is 12.7. The van der Waals surface area contributed by atoms with Gasteiger partial charge in [0.1, 0.15) is 12.1 Å². The Morgan fingerprint density at radius 2 is 2.29 bits per heavy atom. The molecule has 0 aromatic carbocycles. The third-order valence-electron chi connectivity index (χ3n) is 3.87. The van der Waals surface area contributed by atoms with E-state index in [-0.39, 0.29) is 18.4 Å². The van der Waals surface area contributed by atoms with Gasteiger partial charge in [0, 0.05) is 10.9 Å². The average Bonchev–Trinajstić information content (AvgIpc) is 3.04. The molecule has 0 bridgehead atoms. The van der Waals surface area contributed by atoms with Crippen molar-refractivity contribution in [2.24, 2.45) is 5.92 Å². The number of aromatic nitrogens is 4. The molecule has 3 rings (SSSR count). The molecule has 1 aliphatic rings. The SMILES string of the molecule is CC(C)C1(O)CN(C(=O)Cn2nnc(-c3ccsc3)n2)C1. The summed E-state index contributed by atoms with van der Waals surface area (Å²) in [6, 6.07) is 1.91. The number of aliphatic hydroxyl groups is 1. The van der Waals surface area contributed by atoms with Crippen molar-refractivity contribution in [1.82, 2.24) is 25.1 Å². The first-order valence-corrected chi connectivity index (χ1v) is 7.73. The molecular weight excluding hydrogens is 290 g/mol. The zero-order valence-electron chi connectivity index (χ0n) is 11.9. The Morgan fingerprint density at radius 1 is 1.52 bits per heavy atom. The molecule has 1 fully saturated rings. The topological polar surface area (TPSA) is 84.1 Å². The van der Waals surface area contributed by atoms with E-state index >= 15 is 0 Å². The van der Waals surface area contributed by atoms with Gasteiger partial charge >= 0.3 is 0 Å². The van der Waals surface area contributed by atoms with Gasteiger partial charge in [-0.15, -0.1) is 10.2 Å². The van der Waals surface area contributed by atoms with E-state index in [1.54, 1.807) is 16.2 Å². The van der Waals surface area contributed by atoms with Gasteiger partial charge in [-0.25, -0.2) is 0 Å². The lowest BCUT2D eigenvalue weighted by Crippen LogP contribution is -2.66. The molecule has 1 N–H and O–H groups in total. The van der Waals surface area contributed by atoms with E-state index in [4.69, 9.17) is 0 Å². The first-order chi connectivity index (χ1) is 9.98. The molecule has 8 heteroatoms. The van der Waals surface area contributed by atoms with Crippen LogP contribution in [-0.4, -0.2) is 54.8 Å². The molecule has 1 amide bonds. The van der Waals surface area contributed by atoms with Gasteiger partial charge in [0.15, 0.2) is 0 Å². The molecule has 7 nitrogen and oxygen atoms in total. The van der Waals surface area contributed by atoms with E-state index in [1.165, 1.54) is 4.80 Å². The van der Waals surface area contributed by atoms with Crippen LogP contribution in [0.3, 0.4) is 0 Å². The molecule has 0 spiro atoms. The van der Waals surface area contributed by atoms with E-state index in [9.17, 15) is 9.90 Å². The van der Waals surface area contributed by atoms with Crippen molar-refractivity contribution in [3.8, 4) is 11.4 Å². The summed E-state index contributed by atoms with van der Waals surface area (Å²) >= 11 is 1.56. The summed E-state index contributed by atoms with van der Waals surface area (Å²) in [4.78, 5) is 15.0. The number of carbonyl (C=O) groups is 1. The van der Waals surface area contributed by atoms with Crippen molar-refractivity contribution < 1.29 is 9.90 Å². The van der Waals surface area contributed by atoms with Crippen LogP contribution < -0.4 is 0 Å². The number of carbonyl (C=O) groups excluding carboxylic acids is 1. The molecule has 1 aliphatic heterocycles. The number of nitrogens with zero attached hydrogens (tertiary/aromatic N) is 5. The van der Waals surface area contributed by atoms with Crippen LogP contribution in [0.15, 0.2) is 16.8 Å². The van der Waals surface area contributed by atoms with E-state index in [0.717, 1.165) is 5.56 Å². The fourth-order valence-corrected chi connectivity index (χ4v) is 2.83. The van der Waals surface area contributed by atoms with Crippen LogP contribution in [0.2, 0.25) is 0 Å². The van der Waals surface area contributed by atoms with Crippen molar-refractivity contribution in [2.45, 2.75) is 26.0 Å². The minimum atomic E-state index is -0.757. The van der Waals surface area contributed by atoms with Gasteiger partial charge in [-0.1, -0.05) is 13.8 Å². The van der Waals surface area contributed by atoms with Crippen LogP contribution in [0.5, 0.6) is 0 Å². The van der Waals surface area contributed by atoms with Gasteiger partial charge < -0.3 is 10.0 Å². The molecule has 0 atom stereocenters. The number of tetrazole rings is 1. The first-order valence-electron chi connectivity index (χ1n) is 6.78. The smallest absolute Gasteiger partial charge is 0.246 e. The van der Waals surface area contributed by atoms with E-state index in [0.29, 0.717) is 18.9 Å². The Labute approximate surface area is 126 Å². The van der Waals surface area contributed by atoms with Gasteiger partial charge in [0.05, 0.1) is 13.1 Å². The van der Waals surface area contributed by atoms with Crippen LogP contribution in [-0.2, 0) is 11.3 Å². The van der Waals surface area contributed by atoms with E-state index < -0.39 is 5.60 Å². The summed E-state index contributed by atoms with van der Waals surface area (Å²) < 4.78 is 0. The van der Waals surface area contributed by atoms with Crippen molar-refractivity contribution in [3.63, 3.8) is 0 Å². The molecule has 3 heterocycles. The van der Waals surface area contributed by atoms with Gasteiger partial charge in [0.25, 0.3) is 0 Å². The second-order valence-corrected chi connectivity index (χ2v) is 6.44. The number of likely N-dealkylation sites (tertiary alicyclic amines) is 1. The van der Waals surface area contributed by atoms with E-state index in [2.05, 4.69) is 15.4 Å². The zero-order chi connectivity index (χ0) is 15.0. The Bertz CT molecular complexity index is 631. The highest BCUT2D eigenvalue weighted by Crippen LogP contribution is 2.28. The van der Waals surface area contributed by atoms with Gasteiger partial charge in [0.2, 0.25) is 11.7 Å². The quantitative estimate of drug-likeness (QED) is 0.895. The summed E-state index contributed by atoms with van der Waals surface area (Å²) in [5.41, 5.74) is 0.143. The second-order valence-electron chi connectivity index (χ2n) is 5.66. The Morgan fingerprint density at radius 3 is 2.90 bits per heavy atom. The lowest BCUT2D eigenvalue weighted by Gasteiger charge is -2.48. The highest BCUT2D eigenvalue weighted by atomic mass is 32.1. The molecule has 0 unspecified atom stereocenters. The van der Waals surface area contributed by atoms with Gasteiger partial charge in [-0.3, -0.25) is 4.79 Å². The number of rotatable bonds is 4. The number of thiophene rings is 1. The third-order valence-corrected chi connectivity index (χ3v) is 4.55. The minimum absolute atomic E-state index is 0.0469. The van der Waals surface area contributed by atoms with Crippen molar-refractivity contribution in [2.75, 3.05) is 13.1 Å². The van der Waals surface area contributed by atoms with Crippen molar-refractivity contribution in [1.29, 1.82) is 0 Å². The predicted molar refractivity (Wildman–Crippen MR) is 77.5 cm³/mol. The standard InChI is InChI=1S/C13H17N5O2S/c1-9(2)13(20)7-17(8-13)11(19)5-18-15-12(14-16-18)10-3-4-21-6-10/h3-4,6,9,20H,5,7-8H2,1-2H3. The molecule has 0 radical (unpaired) electrons. The number of amides is 1. The minimum Gasteiger partial charge on any atom is -0.386 e. The van der Waals surface area contributed by atoms with Crippen LogP contribution in [0.25, 0.3) is 11.4 Å². The normalized spacial score (nSPS) is 17.0. The van der Waals surface area contributed by atoms with Crippen LogP contribution in [0, 0.1) is 5.92 Å². The maximum absolute atomic E-state index is 12.1. The highest BCUT2D eigenvalue weighted by Gasteiger charge is 2.45. The fourth-order valence-electron chi connectivity index (χ4n) is 2.19. The molecule has 0 aliphatic carbocycles.